The van der Waals surface area contributed by atoms with Gasteiger partial charge in [0.05, 0.1) is 6.61 Å². The lowest BCUT2D eigenvalue weighted by molar-refractivity contribution is -0.253. The van der Waals surface area contributed by atoms with Gasteiger partial charge in [-0.3, -0.25) is 0 Å². The average Bonchev–Trinajstić information content (AvgIpc) is 2.35. The van der Waals surface area contributed by atoms with Crippen molar-refractivity contribution in [1.82, 2.24) is 5.32 Å². The van der Waals surface area contributed by atoms with E-state index < -0.39 is 53.7 Å². The van der Waals surface area contributed by atoms with Gasteiger partial charge in [-0.05, 0) is 0 Å². The monoisotopic (exact) mass is 353 g/mol. The molecule has 0 saturated carbocycles. The lowest BCUT2D eigenvalue weighted by Gasteiger charge is -2.40. The summed E-state index contributed by atoms with van der Waals surface area (Å²) < 4.78 is 7.56. The predicted octanol–water partition coefficient (Wildman–Crippen LogP) is -1.12. The molecule has 118 valence electrons. The zero-order valence-electron chi connectivity index (χ0n) is 9.95. The maximum absolute atomic E-state index is 11.4. The second kappa shape index (κ2) is 7.28. The summed E-state index contributed by atoms with van der Waals surface area (Å²) in [5.41, 5.74) is 0. The van der Waals surface area contributed by atoms with E-state index in [1.54, 1.807) is 0 Å². The molecule has 5 atom stereocenters. The summed E-state index contributed by atoms with van der Waals surface area (Å²) in [6.45, 7) is -1.16. The van der Waals surface area contributed by atoms with Gasteiger partial charge in [0, 0.05) is 0 Å². The molecule has 1 fully saturated rings. The van der Waals surface area contributed by atoms with Gasteiger partial charge in [-0.15, -0.1) is 0 Å². The normalized spacial score (nSPS) is 34.6. The van der Waals surface area contributed by atoms with Crippen molar-refractivity contribution < 1.29 is 34.7 Å². The Bertz CT molecular complexity index is 340. The van der Waals surface area contributed by atoms with Crippen LogP contribution in [0.4, 0.5) is 4.79 Å². The Morgan fingerprint density at radius 3 is 2.35 bits per heavy atom. The Balaban J connectivity index is 2.56. The number of amides is 1. The highest BCUT2D eigenvalue weighted by atomic mass is 35.6. The van der Waals surface area contributed by atoms with Gasteiger partial charge in [-0.25, -0.2) is 4.79 Å². The molecule has 20 heavy (non-hydrogen) atoms. The zero-order valence-corrected chi connectivity index (χ0v) is 12.2. The summed E-state index contributed by atoms with van der Waals surface area (Å²) in [6, 6.07) is -1.37. The van der Waals surface area contributed by atoms with E-state index in [2.05, 4.69) is 10.1 Å². The Hall–Kier alpha value is -0.0600. The highest BCUT2D eigenvalue weighted by molar-refractivity contribution is 6.67. The lowest BCUT2D eigenvalue weighted by atomic mass is 9.97. The molecule has 1 aliphatic heterocycles. The summed E-state index contributed by atoms with van der Waals surface area (Å²) in [5, 5.41) is 39.9. The minimum atomic E-state index is -1.81. The first-order valence-electron chi connectivity index (χ1n) is 5.46. The van der Waals surface area contributed by atoms with Crippen LogP contribution in [0.1, 0.15) is 0 Å². The number of aliphatic hydroxyl groups is 4. The van der Waals surface area contributed by atoms with Gasteiger partial charge in [0.15, 0.2) is 6.29 Å². The molecule has 3 unspecified atom stereocenters. The van der Waals surface area contributed by atoms with Crippen molar-refractivity contribution in [2.24, 2.45) is 0 Å². The zero-order chi connectivity index (χ0) is 15.5. The SMILES string of the molecule is O=C(N[C@@H]1C(O)OC(CO)[C@@H](O)C1O)OCC(Cl)(Cl)Cl. The van der Waals surface area contributed by atoms with E-state index >= 15 is 0 Å². The van der Waals surface area contributed by atoms with Crippen LogP contribution in [0.5, 0.6) is 0 Å². The van der Waals surface area contributed by atoms with Crippen LogP contribution in [-0.2, 0) is 9.47 Å². The third-order valence-corrected chi connectivity index (χ3v) is 2.88. The molecule has 0 spiro atoms. The minimum absolute atomic E-state index is 0.551. The number of rotatable bonds is 3. The van der Waals surface area contributed by atoms with E-state index in [1.165, 1.54) is 0 Å². The molecule has 0 aromatic carbocycles. The molecule has 5 N–H and O–H groups in total. The number of nitrogens with one attached hydrogen (secondary N) is 1. The second-order valence-electron chi connectivity index (χ2n) is 4.09. The average molecular weight is 355 g/mol. The first kappa shape index (κ1) is 18.0. The standard InChI is InChI=1S/C9H14Cl3NO7/c10-9(11,12)2-19-8(18)13-4-6(16)5(15)3(1-14)20-7(4)17/h3-7,14-17H,1-2H2,(H,13,18)/t3?,4-,5+,6?,7?/m0/s1. The van der Waals surface area contributed by atoms with Gasteiger partial charge in [-0.2, -0.15) is 0 Å². The third kappa shape index (κ3) is 5.05. The smallest absolute Gasteiger partial charge is 0.407 e. The van der Waals surface area contributed by atoms with Crippen molar-refractivity contribution in [1.29, 1.82) is 0 Å². The summed E-state index contributed by atoms with van der Waals surface area (Å²) in [6.07, 6.45) is -6.98. The predicted molar refractivity (Wildman–Crippen MR) is 68.5 cm³/mol. The quantitative estimate of drug-likeness (QED) is 0.406. The minimum Gasteiger partial charge on any atom is -0.445 e. The third-order valence-electron chi connectivity index (χ3n) is 2.55. The van der Waals surface area contributed by atoms with Crippen molar-refractivity contribution in [3.05, 3.63) is 0 Å². The van der Waals surface area contributed by atoms with Crippen LogP contribution < -0.4 is 5.32 Å². The molecule has 0 radical (unpaired) electrons. The van der Waals surface area contributed by atoms with Crippen LogP contribution in [0, 0.1) is 0 Å². The topological polar surface area (TPSA) is 128 Å². The van der Waals surface area contributed by atoms with E-state index in [9.17, 15) is 20.1 Å². The van der Waals surface area contributed by atoms with Crippen LogP contribution >= 0.6 is 34.8 Å². The van der Waals surface area contributed by atoms with E-state index in [0.29, 0.717) is 0 Å². The Kier molecular flexibility index (Phi) is 6.55. The summed E-state index contributed by atoms with van der Waals surface area (Å²) in [4.78, 5) is 11.4. The number of halogens is 3. The molecule has 0 bridgehead atoms. The molecule has 1 saturated heterocycles. The molecule has 0 aromatic heterocycles. The largest absolute Gasteiger partial charge is 0.445 e. The number of alkyl carbamates (subject to hydrolysis) is 1. The molecular weight excluding hydrogens is 340 g/mol. The van der Waals surface area contributed by atoms with Gasteiger partial charge in [0.25, 0.3) is 0 Å². The van der Waals surface area contributed by atoms with E-state index in [1.807, 2.05) is 0 Å². The lowest BCUT2D eigenvalue weighted by Crippen LogP contribution is -2.64. The first-order valence-corrected chi connectivity index (χ1v) is 6.59. The van der Waals surface area contributed by atoms with E-state index in [-0.39, 0.29) is 0 Å². The fourth-order valence-corrected chi connectivity index (χ4v) is 1.74. The van der Waals surface area contributed by atoms with Crippen molar-refractivity contribution in [2.75, 3.05) is 13.2 Å². The molecule has 1 heterocycles. The second-order valence-corrected chi connectivity index (χ2v) is 6.61. The summed E-state index contributed by atoms with van der Waals surface area (Å²) in [7, 11) is 0. The van der Waals surface area contributed by atoms with Gasteiger partial charge < -0.3 is 35.2 Å². The fraction of sp³-hybridized carbons (Fsp3) is 0.889. The first-order chi connectivity index (χ1) is 9.15. The molecule has 1 amide bonds. The Morgan fingerprint density at radius 2 is 1.85 bits per heavy atom. The molecular formula is C9H14Cl3NO7. The van der Waals surface area contributed by atoms with Crippen LogP contribution in [-0.4, -0.2) is 74.2 Å². The Labute approximate surface area is 129 Å². The van der Waals surface area contributed by atoms with Crippen LogP contribution in [0.15, 0.2) is 0 Å². The summed E-state index contributed by atoms with van der Waals surface area (Å²) in [5.74, 6) is 0. The molecule has 1 aliphatic rings. The highest BCUT2D eigenvalue weighted by Crippen LogP contribution is 2.26. The molecule has 11 heteroatoms. The number of aliphatic hydroxyl groups excluding tert-OH is 4. The van der Waals surface area contributed by atoms with Gasteiger partial charge in [0.2, 0.25) is 3.79 Å². The van der Waals surface area contributed by atoms with Crippen molar-refractivity contribution in [3.63, 3.8) is 0 Å². The van der Waals surface area contributed by atoms with Gasteiger partial charge in [-0.1, -0.05) is 34.8 Å². The van der Waals surface area contributed by atoms with Crippen LogP contribution in [0.3, 0.4) is 0 Å². The number of alkyl halides is 3. The van der Waals surface area contributed by atoms with Gasteiger partial charge in [0.1, 0.15) is 31.0 Å². The number of carbonyl (C=O) groups is 1. The maximum atomic E-state index is 11.4. The van der Waals surface area contributed by atoms with Gasteiger partial charge >= 0.3 is 6.09 Å². The van der Waals surface area contributed by atoms with Crippen molar-refractivity contribution in [3.8, 4) is 0 Å². The van der Waals surface area contributed by atoms with Crippen LogP contribution in [0.2, 0.25) is 0 Å². The number of hydrogen-bond acceptors (Lipinski definition) is 7. The molecule has 0 aliphatic carbocycles. The number of ether oxygens (including phenoxy) is 2. The maximum Gasteiger partial charge on any atom is 0.407 e. The Morgan fingerprint density at radius 1 is 1.25 bits per heavy atom. The highest BCUT2D eigenvalue weighted by Gasteiger charge is 2.44. The van der Waals surface area contributed by atoms with Crippen molar-refractivity contribution in [2.45, 2.75) is 34.4 Å². The van der Waals surface area contributed by atoms with Crippen molar-refractivity contribution >= 4 is 40.9 Å². The van der Waals surface area contributed by atoms with E-state index in [4.69, 9.17) is 44.6 Å². The molecule has 8 nitrogen and oxygen atoms in total. The summed E-state index contributed by atoms with van der Waals surface area (Å²) >= 11 is 16.1. The molecule has 0 aromatic rings. The fourth-order valence-electron chi connectivity index (χ4n) is 1.58. The number of carbonyl (C=O) groups excluding carboxylic acids is 1. The van der Waals surface area contributed by atoms with E-state index in [0.717, 1.165) is 0 Å². The number of hydrogen-bond donors (Lipinski definition) is 5. The van der Waals surface area contributed by atoms with Crippen LogP contribution in [0.25, 0.3) is 0 Å². The molecule has 1 rings (SSSR count).